The summed E-state index contributed by atoms with van der Waals surface area (Å²) in [4.78, 5) is 12.5. The minimum Gasteiger partial charge on any atom is -0.443 e. The van der Waals surface area contributed by atoms with Gasteiger partial charge in [-0.15, -0.1) is 35.3 Å². The minimum absolute atomic E-state index is 0. The second-order valence-electron chi connectivity index (χ2n) is 6.79. The molecule has 0 atom stereocenters. The fourth-order valence-corrected chi connectivity index (χ4v) is 2.88. The van der Waals surface area contributed by atoms with Crippen molar-refractivity contribution in [2.24, 2.45) is 4.99 Å². The van der Waals surface area contributed by atoms with Gasteiger partial charge in [-0.25, -0.2) is 9.98 Å². The van der Waals surface area contributed by atoms with Crippen LogP contribution in [0.2, 0.25) is 0 Å². The maximum Gasteiger partial charge on any atom is 0.216 e. The molecule has 0 aliphatic carbocycles. The van der Waals surface area contributed by atoms with Gasteiger partial charge in [0.1, 0.15) is 12.3 Å². The number of guanidine groups is 1. The monoisotopic (exact) mass is 476 g/mol. The zero-order valence-electron chi connectivity index (χ0n) is 15.7. The summed E-state index contributed by atoms with van der Waals surface area (Å²) in [6, 6.07) is 4.26. The smallest absolute Gasteiger partial charge is 0.216 e. The summed E-state index contributed by atoms with van der Waals surface area (Å²) in [6.07, 6.45) is 2.82. The molecule has 0 aromatic carbocycles. The lowest BCUT2D eigenvalue weighted by molar-refractivity contribution is 0.382. The first-order chi connectivity index (χ1) is 11.4. The van der Waals surface area contributed by atoms with E-state index in [0.717, 1.165) is 31.2 Å². The van der Waals surface area contributed by atoms with Crippen molar-refractivity contribution in [3.63, 3.8) is 0 Å². The first kappa shape index (κ1) is 22.0. The first-order valence-electron chi connectivity index (χ1n) is 8.37. The standard InChI is InChI=1S/C18H28N4OS.HI/c1-6-19-17(22(5)10-9-14-8-7-11-24-14)21-13-16-20-12-15(23-16)18(2,3)4;/h7-8,11-12H,6,9-10,13H2,1-5H3,(H,19,21);1H. The Kier molecular flexibility index (Phi) is 8.92. The molecule has 0 bridgehead atoms. The van der Waals surface area contributed by atoms with E-state index in [9.17, 15) is 0 Å². The number of thiophene rings is 1. The summed E-state index contributed by atoms with van der Waals surface area (Å²) in [5, 5.41) is 5.44. The van der Waals surface area contributed by atoms with E-state index in [0.29, 0.717) is 12.4 Å². The van der Waals surface area contributed by atoms with E-state index in [1.54, 1.807) is 17.5 Å². The summed E-state index contributed by atoms with van der Waals surface area (Å²) in [6.45, 7) is 10.6. The van der Waals surface area contributed by atoms with Crippen LogP contribution in [0.5, 0.6) is 0 Å². The summed E-state index contributed by atoms with van der Waals surface area (Å²) in [5.74, 6) is 2.43. The third-order valence-corrected chi connectivity index (χ3v) is 4.56. The SMILES string of the molecule is CCNC(=NCc1ncc(C(C)(C)C)o1)N(C)CCc1cccs1.I. The number of nitrogens with one attached hydrogen (secondary N) is 1. The number of hydrogen-bond acceptors (Lipinski definition) is 4. The summed E-state index contributed by atoms with van der Waals surface area (Å²) >= 11 is 1.79. The fraction of sp³-hybridized carbons (Fsp3) is 0.556. The third kappa shape index (κ3) is 6.97. The van der Waals surface area contributed by atoms with Crippen molar-refractivity contribution in [1.82, 2.24) is 15.2 Å². The van der Waals surface area contributed by atoms with Gasteiger partial charge < -0.3 is 14.6 Å². The highest BCUT2D eigenvalue weighted by molar-refractivity contribution is 14.0. The number of halogens is 1. The Morgan fingerprint density at radius 2 is 2.16 bits per heavy atom. The maximum atomic E-state index is 5.81. The number of nitrogens with zero attached hydrogens (tertiary/aromatic N) is 3. The Labute approximate surface area is 172 Å². The molecular formula is C18H29IN4OS. The molecule has 5 nitrogen and oxygen atoms in total. The van der Waals surface area contributed by atoms with E-state index in [4.69, 9.17) is 4.42 Å². The van der Waals surface area contributed by atoms with Crippen LogP contribution in [0, 0.1) is 0 Å². The lowest BCUT2D eigenvalue weighted by Gasteiger charge is -2.21. The molecule has 25 heavy (non-hydrogen) atoms. The first-order valence-corrected chi connectivity index (χ1v) is 9.25. The van der Waals surface area contributed by atoms with Crippen LogP contribution in [0.3, 0.4) is 0 Å². The average molecular weight is 476 g/mol. The lowest BCUT2D eigenvalue weighted by Crippen LogP contribution is -2.39. The molecule has 7 heteroatoms. The van der Waals surface area contributed by atoms with E-state index in [2.05, 4.69) is 72.4 Å². The Morgan fingerprint density at radius 1 is 1.40 bits per heavy atom. The van der Waals surface area contributed by atoms with Crippen LogP contribution in [0.4, 0.5) is 0 Å². The average Bonchev–Trinajstić information content (AvgIpc) is 3.19. The number of oxazole rings is 1. The molecule has 0 saturated heterocycles. The highest BCUT2D eigenvalue weighted by Gasteiger charge is 2.19. The highest BCUT2D eigenvalue weighted by Crippen LogP contribution is 2.22. The summed E-state index contributed by atoms with van der Waals surface area (Å²) < 4.78 is 5.81. The minimum atomic E-state index is -0.0308. The fourth-order valence-electron chi connectivity index (χ4n) is 2.18. The van der Waals surface area contributed by atoms with Crippen molar-refractivity contribution in [3.8, 4) is 0 Å². The second-order valence-corrected chi connectivity index (χ2v) is 7.82. The van der Waals surface area contributed by atoms with Gasteiger partial charge in [-0.3, -0.25) is 0 Å². The zero-order chi connectivity index (χ0) is 17.6. The normalized spacial score (nSPS) is 12.0. The Balaban J connectivity index is 0.00000312. The van der Waals surface area contributed by atoms with Crippen LogP contribution >= 0.6 is 35.3 Å². The number of aromatic nitrogens is 1. The molecule has 2 heterocycles. The zero-order valence-corrected chi connectivity index (χ0v) is 18.9. The van der Waals surface area contributed by atoms with Crippen LogP contribution in [-0.2, 0) is 18.4 Å². The van der Waals surface area contributed by atoms with Crippen molar-refractivity contribution >= 4 is 41.3 Å². The van der Waals surface area contributed by atoms with Gasteiger partial charge >= 0.3 is 0 Å². The molecule has 2 rings (SSSR count). The van der Waals surface area contributed by atoms with Crippen molar-refractivity contribution in [3.05, 3.63) is 40.2 Å². The summed E-state index contributed by atoms with van der Waals surface area (Å²) in [7, 11) is 2.06. The molecular weight excluding hydrogens is 447 g/mol. The largest absolute Gasteiger partial charge is 0.443 e. The van der Waals surface area contributed by atoms with Gasteiger partial charge in [-0.05, 0) is 24.8 Å². The molecule has 1 N–H and O–H groups in total. The molecule has 0 unspecified atom stereocenters. The van der Waals surface area contributed by atoms with Gasteiger partial charge in [0.25, 0.3) is 0 Å². The highest BCUT2D eigenvalue weighted by atomic mass is 127. The summed E-state index contributed by atoms with van der Waals surface area (Å²) in [5.41, 5.74) is -0.0308. The molecule has 0 radical (unpaired) electrons. The van der Waals surface area contributed by atoms with Crippen LogP contribution in [-0.4, -0.2) is 36.0 Å². The molecule has 0 amide bonds. The quantitative estimate of drug-likeness (QED) is 0.384. The molecule has 0 aliphatic rings. The molecule has 0 spiro atoms. The van der Waals surface area contributed by atoms with Gasteiger partial charge in [-0.1, -0.05) is 26.8 Å². The predicted molar refractivity (Wildman–Crippen MR) is 116 cm³/mol. The van der Waals surface area contributed by atoms with Crippen molar-refractivity contribution in [2.75, 3.05) is 20.1 Å². The molecule has 0 saturated carbocycles. The maximum absolute atomic E-state index is 5.81. The molecule has 140 valence electrons. The predicted octanol–water partition coefficient (Wildman–Crippen LogP) is 4.29. The molecule has 2 aromatic rings. The van der Waals surface area contributed by atoms with Crippen LogP contribution in [0.1, 0.15) is 44.2 Å². The van der Waals surface area contributed by atoms with Crippen molar-refractivity contribution < 1.29 is 4.42 Å². The molecule has 0 aliphatic heterocycles. The second kappa shape index (κ2) is 10.2. The van der Waals surface area contributed by atoms with Crippen LogP contribution < -0.4 is 5.32 Å². The van der Waals surface area contributed by atoms with E-state index in [-0.39, 0.29) is 29.4 Å². The molecule has 0 fully saturated rings. The Morgan fingerprint density at radius 3 is 2.72 bits per heavy atom. The third-order valence-electron chi connectivity index (χ3n) is 3.63. The van der Waals surface area contributed by atoms with Gasteiger partial charge in [-0.2, -0.15) is 0 Å². The Hall–Kier alpha value is -1.09. The van der Waals surface area contributed by atoms with Crippen molar-refractivity contribution in [2.45, 2.75) is 46.1 Å². The number of likely N-dealkylation sites (N-methyl/N-ethyl adjacent to an activating group) is 1. The number of aliphatic imine (C=N–C) groups is 1. The van der Waals surface area contributed by atoms with E-state index < -0.39 is 0 Å². The van der Waals surface area contributed by atoms with Gasteiger partial charge in [0.05, 0.1) is 6.20 Å². The van der Waals surface area contributed by atoms with E-state index in [1.807, 2.05) is 0 Å². The Bertz CT molecular complexity index is 646. The van der Waals surface area contributed by atoms with Gasteiger partial charge in [0.15, 0.2) is 5.96 Å². The van der Waals surface area contributed by atoms with E-state index in [1.165, 1.54) is 4.88 Å². The van der Waals surface area contributed by atoms with Gasteiger partial charge in [0, 0.05) is 30.4 Å². The molecule has 2 aromatic heterocycles. The van der Waals surface area contributed by atoms with Gasteiger partial charge in [0.2, 0.25) is 5.89 Å². The lowest BCUT2D eigenvalue weighted by atomic mass is 9.94. The number of hydrogen-bond donors (Lipinski definition) is 1. The van der Waals surface area contributed by atoms with Crippen LogP contribution in [0.25, 0.3) is 0 Å². The van der Waals surface area contributed by atoms with Crippen molar-refractivity contribution in [1.29, 1.82) is 0 Å². The van der Waals surface area contributed by atoms with Crippen LogP contribution in [0.15, 0.2) is 33.1 Å². The topological polar surface area (TPSA) is 53.7 Å². The number of rotatable bonds is 6. The van der Waals surface area contributed by atoms with E-state index >= 15 is 0 Å².